The van der Waals surface area contributed by atoms with E-state index in [9.17, 15) is 9.90 Å². The van der Waals surface area contributed by atoms with E-state index in [1.807, 2.05) is 6.92 Å². The lowest BCUT2D eigenvalue weighted by Gasteiger charge is -2.59. The van der Waals surface area contributed by atoms with Crippen molar-refractivity contribution in [1.29, 1.82) is 0 Å². The van der Waals surface area contributed by atoms with Gasteiger partial charge in [0.1, 0.15) is 11.4 Å². The SMILES string of the molecule is CC(=O)[C@H]1C[C@H](C)[C@@H]2[C@H]3C[C@@H]4O[C@@]45CC[C@@H](O)C[C@@]5(C)[C@H]3CC[C@@]21C. The van der Waals surface area contributed by atoms with Crippen molar-refractivity contribution >= 4 is 5.78 Å². The monoisotopic (exact) mass is 346 g/mol. The highest BCUT2D eigenvalue weighted by Gasteiger charge is 2.76. The predicted octanol–water partition coefficient (Wildman–Crippen LogP) is 3.97. The zero-order valence-electron chi connectivity index (χ0n) is 16.3. The van der Waals surface area contributed by atoms with Crippen molar-refractivity contribution in [2.24, 2.45) is 40.4 Å². The Hall–Kier alpha value is -0.410. The Morgan fingerprint density at radius 3 is 2.64 bits per heavy atom. The average Bonchev–Trinajstić information content (AvgIpc) is 3.16. The molecule has 5 fully saturated rings. The van der Waals surface area contributed by atoms with E-state index >= 15 is 0 Å². The maximum atomic E-state index is 12.4. The van der Waals surface area contributed by atoms with Crippen LogP contribution in [0.2, 0.25) is 0 Å². The van der Waals surface area contributed by atoms with Gasteiger partial charge in [0.25, 0.3) is 0 Å². The normalized spacial score (nSPS) is 62.4. The van der Waals surface area contributed by atoms with Crippen molar-refractivity contribution in [3.05, 3.63) is 0 Å². The molecule has 3 nitrogen and oxygen atoms in total. The smallest absolute Gasteiger partial charge is 0.133 e. The van der Waals surface area contributed by atoms with Gasteiger partial charge in [-0.15, -0.1) is 0 Å². The van der Waals surface area contributed by atoms with Crippen LogP contribution in [0.15, 0.2) is 0 Å². The van der Waals surface area contributed by atoms with Crippen molar-refractivity contribution in [1.82, 2.24) is 0 Å². The maximum Gasteiger partial charge on any atom is 0.133 e. The Morgan fingerprint density at radius 2 is 1.92 bits per heavy atom. The van der Waals surface area contributed by atoms with Gasteiger partial charge in [-0.1, -0.05) is 20.8 Å². The molecule has 1 heterocycles. The molecule has 0 bridgehead atoms. The molecule has 0 aromatic carbocycles. The fraction of sp³-hybridized carbons (Fsp3) is 0.955. The van der Waals surface area contributed by atoms with E-state index in [2.05, 4.69) is 20.8 Å². The number of carbonyl (C=O) groups excluding carboxylic acids is 1. The summed E-state index contributed by atoms with van der Waals surface area (Å²) >= 11 is 0. The first kappa shape index (κ1) is 16.7. The van der Waals surface area contributed by atoms with Gasteiger partial charge < -0.3 is 9.84 Å². The molecular weight excluding hydrogens is 312 g/mol. The zero-order valence-corrected chi connectivity index (χ0v) is 16.3. The number of rotatable bonds is 1. The number of carbonyl (C=O) groups is 1. The Morgan fingerprint density at radius 1 is 1.16 bits per heavy atom. The Bertz CT molecular complexity index is 616. The van der Waals surface area contributed by atoms with Gasteiger partial charge in [-0.25, -0.2) is 0 Å². The highest BCUT2D eigenvalue weighted by molar-refractivity contribution is 5.79. The molecule has 0 unspecified atom stereocenters. The van der Waals surface area contributed by atoms with Crippen molar-refractivity contribution in [2.45, 2.75) is 90.4 Å². The maximum absolute atomic E-state index is 12.4. The van der Waals surface area contributed by atoms with Gasteiger partial charge in [-0.2, -0.15) is 0 Å². The Balaban J connectivity index is 1.53. The number of fused-ring (bicyclic) bond motifs is 4. The summed E-state index contributed by atoms with van der Waals surface area (Å²) in [5, 5.41) is 10.4. The second-order valence-electron chi connectivity index (χ2n) is 10.8. The molecule has 0 radical (unpaired) electrons. The summed E-state index contributed by atoms with van der Waals surface area (Å²) in [4.78, 5) is 12.4. The van der Waals surface area contributed by atoms with Gasteiger partial charge in [-0.05, 0) is 81.0 Å². The third kappa shape index (κ3) is 1.87. The molecule has 10 atom stereocenters. The predicted molar refractivity (Wildman–Crippen MR) is 95.9 cm³/mol. The van der Waals surface area contributed by atoms with Crippen molar-refractivity contribution in [3.8, 4) is 0 Å². The van der Waals surface area contributed by atoms with E-state index < -0.39 is 0 Å². The standard InChI is InChI=1S/C22H34O3/c1-12-9-17(13(2)23)20(3)7-6-16-15(19(12)20)10-18-22(25-18)8-5-14(24)11-21(16,22)4/h12,14-19,24H,5-11H2,1-4H3/t12-,14+,15-,16-,17+,18-,19+,20+,21-,22-/m0/s1. The minimum Gasteiger partial charge on any atom is -0.393 e. The molecule has 1 spiro atoms. The fourth-order valence-electron chi connectivity index (χ4n) is 8.91. The van der Waals surface area contributed by atoms with Gasteiger partial charge in [0.2, 0.25) is 0 Å². The van der Waals surface area contributed by atoms with Crippen LogP contribution in [0.4, 0.5) is 0 Å². The molecule has 0 amide bonds. The second-order valence-corrected chi connectivity index (χ2v) is 10.8. The van der Waals surface area contributed by atoms with E-state index in [-0.39, 0.29) is 28.5 Å². The largest absolute Gasteiger partial charge is 0.393 e. The molecule has 1 aliphatic heterocycles. The number of hydrogen-bond acceptors (Lipinski definition) is 3. The summed E-state index contributed by atoms with van der Waals surface area (Å²) < 4.78 is 6.43. The van der Waals surface area contributed by atoms with Crippen LogP contribution in [0.1, 0.15) is 72.6 Å². The Labute approximate surface area is 151 Å². The second kappa shape index (κ2) is 4.90. The van der Waals surface area contributed by atoms with Gasteiger partial charge >= 0.3 is 0 Å². The first-order chi connectivity index (χ1) is 11.7. The van der Waals surface area contributed by atoms with Crippen LogP contribution in [-0.2, 0) is 9.53 Å². The van der Waals surface area contributed by atoms with Crippen LogP contribution in [0.3, 0.4) is 0 Å². The lowest BCUT2D eigenvalue weighted by Crippen LogP contribution is -2.59. The number of ether oxygens (including phenoxy) is 1. The molecule has 5 rings (SSSR count). The number of Topliss-reactive ketones (excluding diaryl/α,β-unsaturated/α-hetero) is 1. The van der Waals surface area contributed by atoms with Gasteiger partial charge in [-0.3, -0.25) is 4.79 Å². The van der Waals surface area contributed by atoms with E-state index in [1.165, 1.54) is 19.3 Å². The van der Waals surface area contributed by atoms with Crippen molar-refractivity contribution in [3.63, 3.8) is 0 Å². The summed E-state index contributed by atoms with van der Waals surface area (Å²) in [6, 6.07) is 0. The molecule has 4 saturated carbocycles. The summed E-state index contributed by atoms with van der Waals surface area (Å²) in [5.41, 5.74) is 0.390. The molecule has 1 saturated heterocycles. The third-order valence-corrected chi connectivity index (χ3v) is 9.84. The lowest BCUT2D eigenvalue weighted by atomic mass is 9.44. The number of aliphatic hydroxyl groups excluding tert-OH is 1. The summed E-state index contributed by atoms with van der Waals surface area (Å²) in [6.07, 6.45) is 7.81. The quantitative estimate of drug-likeness (QED) is 0.731. The van der Waals surface area contributed by atoms with Gasteiger partial charge in [0, 0.05) is 11.3 Å². The van der Waals surface area contributed by atoms with Crippen molar-refractivity contribution < 1.29 is 14.6 Å². The first-order valence-electron chi connectivity index (χ1n) is 10.6. The molecule has 4 aliphatic carbocycles. The van der Waals surface area contributed by atoms with Crippen LogP contribution in [0.5, 0.6) is 0 Å². The van der Waals surface area contributed by atoms with E-state index in [0.29, 0.717) is 35.6 Å². The summed E-state index contributed by atoms with van der Waals surface area (Å²) in [6.45, 7) is 9.04. The van der Waals surface area contributed by atoms with Gasteiger partial charge in [0.05, 0.1) is 12.2 Å². The van der Waals surface area contributed by atoms with Crippen LogP contribution in [-0.4, -0.2) is 28.7 Å². The third-order valence-electron chi connectivity index (χ3n) is 9.84. The minimum atomic E-state index is -0.154. The molecule has 0 aromatic rings. The molecule has 1 N–H and O–H groups in total. The van der Waals surface area contributed by atoms with Crippen LogP contribution in [0.25, 0.3) is 0 Å². The van der Waals surface area contributed by atoms with E-state index in [0.717, 1.165) is 25.7 Å². The number of hydrogen-bond donors (Lipinski definition) is 1. The van der Waals surface area contributed by atoms with Crippen LogP contribution >= 0.6 is 0 Å². The molecule has 5 aliphatic rings. The first-order valence-corrected chi connectivity index (χ1v) is 10.6. The zero-order chi connectivity index (χ0) is 17.8. The number of epoxide rings is 1. The average molecular weight is 347 g/mol. The molecule has 3 heteroatoms. The van der Waals surface area contributed by atoms with Crippen molar-refractivity contribution in [2.75, 3.05) is 0 Å². The summed E-state index contributed by atoms with van der Waals surface area (Å²) in [5.74, 6) is 3.28. The van der Waals surface area contributed by atoms with Gasteiger partial charge in [0.15, 0.2) is 0 Å². The lowest BCUT2D eigenvalue weighted by molar-refractivity contribution is -0.136. The number of ketones is 1. The Kier molecular flexibility index (Phi) is 3.28. The fourth-order valence-corrected chi connectivity index (χ4v) is 8.91. The summed E-state index contributed by atoms with van der Waals surface area (Å²) in [7, 11) is 0. The van der Waals surface area contributed by atoms with Crippen LogP contribution < -0.4 is 0 Å². The topological polar surface area (TPSA) is 49.8 Å². The molecule has 25 heavy (non-hydrogen) atoms. The molecule has 140 valence electrons. The van der Waals surface area contributed by atoms with E-state index in [4.69, 9.17) is 4.74 Å². The highest BCUT2D eigenvalue weighted by Crippen LogP contribution is 2.74. The molecular formula is C22H34O3. The molecule has 0 aromatic heterocycles. The van der Waals surface area contributed by atoms with Crippen LogP contribution in [0, 0.1) is 40.4 Å². The highest BCUT2D eigenvalue weighted by atomic mass is 16.6. The number of aliphatic hydroxyl groups is 1. The minimum absolute atomic E-state index is 0.0724. The van der Waals surface area contributed by atoms with E-state index in [1.54, 1.807) is 0 Å².